The zero-order chi connectivity index (χ0) is 22.1. The van der Waals surface area contributed by atoms with E-state index in [0.29, 0.717) is 37.1 Å². The van der Waals surface area contributed by atoms with Crippen LogP contribution in [0.4, 0.5) is 0 Å². The Morgan fingerprint density at radius 1 is 1.26 bits per heavy atom. The van der Waals surface area contributed by atoms with E-state index in [1.807, 2.05) is 42.5 Å². The summed E-state index contributed by atoms with van der Waals surface area (Å²) in [4.78, 5) is 12.1. The third kappa shape index (κ3) is 7.93. The van der Waals surface area contributed by atoms with Gasteiger partial charge < -0.3 is 15.4 Å². The van der Waals surface area contributed by atoms with Crippen molar-refractivity contribution in [2.75, 3.05) is 26.2 Å². The molecule has 1 fully saturated rings. The van der Waals surface area contributed by atoms with Gasteiger partial charge in [-0.25, -0.2) is 0 Å². The van der Waals surface area contributed by atoms with Gasteiger partial charge in [-0.3, -0.25) is 4.79 Å². The summed E-state index contributed by atoms with van der Waals surface area (Å²) in [6, 6.07) is 11.8. The average molecular weight is 504 g/mol. The van der Waals surface area contributed by atoms with Gasteiger partial charge in [0.05, 0.1) is 6.54 Å². The lowest BCUT2D eigenvalue weighted by Crippen LogP contribution is -2.42. The van der Waals surface area contributed by atoms with Gasteiger partial charge in [-0.1, -0.05) is 64.5 Å². The van der Waals surface area contributed by atoms with Crippen LogP contribution in [0.1, 0.15) is 29.5 Å². The average Bonchev–Trinajstić information content (AvgIpc) is 2.70. The Morgan fingerprint density at radius 3 is 2.81 bits per heavy atom. The first-order valence-corrected chi connectivity index (χ1v) is 11.6. The minimum absolute atomic E-state index is 0.263. The fourth-order valence-electron chi connectivity index (χ4n) is 3.30. The van der Waals surface area contributed by atoms with Crippen molar-refractivity contribution < 1.29 is 9.53 Å². The largest absolute Gasteiger partial charge is 0.490 e. The van der Waals surface area contributed by atoms with Gasteiger partial charge in [-0.15, -0.1) is 0 Å². The second kappa shape index (κ2) is 12.2. The number of ketones is 1. The van der Waals surface area contributed by atoms with Gasteiger partial charge >= 0.3 is 0 Å². The van der Waals surface area contributed by atoms with Crippen LogP contribution in [0.3, 0.4) is 0 Å². The van der Waals surface area contributed by atoms with Crippen molar-refractivity contribution in [3.05, 3.63) is 75.2 Å². The van der Waals surface area contributed by atoms with Crippen molar-refractivity contribution in [2.45, 2.75) is 19.4 Å². The molecule has 0 aliphatic carbocycles. The van der Waals surface area contributed by atoms with Crippen molar-refractivity contribution in [1.82, 2.24) is 10.6 Å². The highest BCUT2D eigenvalue weighted by Gasteiger charge is 2.17. The second-order valence-electron chi connectivity index (χ2n) is 7.71. The molecule has 1 aliphatic rings. The van der Waals surface area contributed by atoms with Gasteiger partial charge in [0.2, 0.25) is 0 Å². The van der Waals surface area contributed by atoms with Crippen LogP contribution in [-0.4, -0.2) is 32.0 Å². The number of rotatable bonds is 12. The molecule has 2 aromatic rings. The number of hydrogen-bond acceptors (Lipinski definition) is 4. The first-order chi connectivity index (χ1) is 15.0. The number of ether oxygens (including phenoxy) is 1. The molecule has 1 heterocycles. The maximum Gasteiger partial charge on any atom is 0.146 e. The number of carbonyl (C=O) groups is 1. The normalized spacial score (nSPS) is 13.9. The van der Waals surface area contributed by atoms with Crippen LogP contribution >= 0.6 is 27.5 Å². The number of halogens is 2. The molecule has 0 unspecified atom stereocenters. The SMILES string of the molecule is C=CCOc1cc(/C=C/c2ccc(Cl)cc2Br)cc(CNCC(=O)CCC2CNC2)c1. The number of nitrogens with one attached hydrogen (secondary N) is 2. The Hall–Kier alpha value is -1.92. The lowest BCUT2D eigenvalue weighted by atomic mass is 9.96. The van der Waals surface area contributed by atoms with E-state index in [2.05, 4.69) is 39.2 Å². The van der Waals surface area contributed by atoms with Crippen LogP contribution in [0, 0.1) is 5.92 Å². The summed E-state index contributed by atoms with van der Waals surface area (Å²) >= 11 is 9.57. The predicted octanol–water partition coefficient (Wildman–Crippen LogP) is 5.50. The Balaban J connectivity index is 1.62. The molecule has 0 bridgehead atoms. The van der Waals surface area contributed by atoms with E-state index in [4.69, 9.17) is 16.3 Å². The highest BCUT2D eigenvalue weighted by molar-refractivity contribution is 9.10. The third-order valence-corrected chi connectivity index (χ3v) is 6.04. The topological polar surface area (TPSA) is 50.4 Å². The molecule has 0 spiro atoms. The molecule has 164 valence electrons. The summed E-state index contributed by atoms with van der Waals surface area (Å²) in [5.41, 5.74) is 3.12. The maximum absolute atomic E-state index is 12.1. The first-order valence-electron chi connectivity index (χ1n) is 10.5. The summed E-state index contributed by atoms with van der Waals surface area (Å²) in [6.07, 6.45) is 7.42. The van der Waals surface area contributed by atoms with Gasteiger partial charge in [-0.05, 0) is 66.4 Å². The lowest BCUT2D eigenvalue weighted by molar-refractivity contribution is -0.118. The zero-order valence-corrected chi connectivity index (χ0v) is 19.8. The molecule has 2 aromatic carbocycles. The van der Waals surface area contributed by atoms with E-state index in [1.165, 1.54) is 0 Å². The lowest BCUT2D eigenvalue weighted by Gasteiger charge is -2.26. The summed E-state index contributed by atoms with van der Waals surface area (Å²) in [6.45, 7) is 7.24. The van der Waals surface area contributed by atoms with Crippen LogP contribution in [0.15, 0.2) is 53.5 Å². The van der Waals surface area contributed by atoms with Crippen LogP contribution in [0.25, 0.3) is 12.2 Å². The summed E-state index contributed by atoms with van der Waals surface area (Å²) in [7, 11) is 0. The second-order valence-corrected chi connectivity index (χ2v) is 9.01. The number of carbonyl (C=O) groups excluding carboxylic acids is 1. The molecular formula is C25H28BrClN2O2. The molecule has 6 heteroatoms. The van der Waals surface area contributed by atoms with Gasteiger partial charge in [0.1, 0.15) is 18.1 Å². The molecule has 0 amide bonds. The monoisotopic (exact) mass is 502 g/mol. The van der Waals surface area contributed by atoms with Gasteiger partial charge in [-0.2, -0.15) is 0 Å². The van der Waals surface area contributed by atoms with E-state index in [9.17, 15) is 4.79 Å². The van der Waals surface area contributed by atoms with E-state index >= 15 is 0 Å². The van der Waals surface area contributed by atoms with Crippen LogP contribution in [0.5, 0.6) is 5.75 Å². The highest BCUT2D eigenvalue weighted by atomic mass is 79.9. The van der Waals surface area contributed by atoms with Crippen LogP contribution < -0.4 is 15.4 Å². The number of hydrogen-bond donors (Lipinski definition) is 2. The van der Waals surface area contributed by atoms with Gasteiger partial charge in [0, 0.05) is 22.5 Å². The third-order valence-electron chi connectivity index (χ3n) is 5.12. The van der Waals surface area contributed by atoms with Gasteiger partial charge in [0.15, 0.2) is 0 Å². The Labute approximate surface area is 197 Å². The number of benzene rings is 2. The molecule has 1 aliphatic heterocycles. The quantitative estimate of drug-likeness (QED) is 0.297. The molecule has 2 N–H and O–H groups in total. The molecule has 4 nitrogen and oxygen atoms in total. The highest BCUT2D eigenvalue weighted by Crippen LogP contribution is 2.25. The summed E-state index contributed by atoms with van der Waals surface area (Å²) in [5.74, 6) is 1.70. The van der Waals surface area contributed by atoms with Crippen LogP contribution in [-0.2, 0) is 11.3 Å². The first kappa shape index (κ1) is 23.7. The zero-order valence-electron chi connectivity index (χ0n) is 17.5. The van der Waals surface area contributed by atoms with Crippen molar-refractivity contribution >= 4 is 45.5 Å². The van der Waals surface area contributed by atoms with Crippen molar-refractivity contribution in [3.63, 3.8) is 0 Å². The molecule has 1 saturated heterocycles. The minimum Gasteiger partial charge on any atom is -0.490 e. The molecular weight excluding hydrogens is 476 g/mol. The Kier molecular flexibility index (Phi) is 9.34. The van der Waals surface area contributed by atoms with E-state index < -0.39 is 0 Å². The Bertz CT molecular complexity index is 941. The van der Waals surface area contributed by atoms with E-state index in [0.717, 1.165) is 46.4 Å². The molecule has 0 saturated carbocycles. The standard InChI is InChI=1S/C25H28BrClN2O2/c1-2-9-31-24-11-18(3-5-21-6-7-22(27)13-25(21)26)10-20(12-24)16-29-17-23(30)8-4-19-14-28-15-19/h2-3,5-7,10-13,19,28-29H,1,4,8-9,14-17H2/b5-3+. The molecule has 0 atom stereocenters. The van der Waals surface area contributed by atoms with Gasteiger partial charge in [0.25, 0.3) is 0 Å². The molecule has 0 radical (unpaired) electrons. The van der Waals surface area contributed by atoms with Crippen molar-refractivity contribution in [1.29, 1.82) is 0 Å². The maximum atomic E-state index is 12.1. The Morgan fingerprint density at radius 2 is 2.10 bits per heavy atom. The summed E-state index contributed by atoms with van der Waals surface area (Å²) < 4.78 is 6.70. The van der Waals surface area contributed by atoms with Crippen LogP contribution in [0.2, 0.25) is 5.02 Å². The van der Waals surface area contributed by atoms with E-state index in [1.54, 1.807) is 6.08 Å². The fraction of sp³-hybridized carbons (Fsp3) is 0.320. The van der Waals surface area contributed by atoms with E-state index in [-0.39, 0.29) is 5.78 Å². The predicted molar refractivity (Wildman–Crippen MR) is 133 cm³/mol. The molecule has 31 heavy (non-hydrogen) atoms. The minimum atomic E-state index is 0.263. The smallest absolute Gasteiger partial charge is 0.146 e. The fourth-order valence-corrected chi connectivity index (χ4v) is 4.11. The molecule has 0 aromatic heterocycles. The molecule has 3 rings (SSSR count). The summed E-state index contributed by atoms with van der Waals surface area (Å²) in [5, 5.41) is 7.21. The number of Topliss-reactive ketones (excluding diaryl/α,β-unsaturated/α-hetero) is 1. The van der Waals surface area contributed by atoms with Crippen molar-refractivity contribution in [3.8, 4) is 5.75 Å². The van der Waals surface area contributed by atoms with Crippen molar-refractivity contribution in [2.24, 2.45) is 5.92 Å².